The van der Waals surface area contributed by atoms with Crippen LogP contribution in [0, 0.1) is 0 Å². The molecule has 7 heteroatoms. The van der Waals surface area contributed by atoms with E-state index >= 15 is 0 Å². The van der Waals surface area contributed by atoms with Crippen molar-refractivity contribution >= 4 is 15.7 Å². The Bertz CT molecular complexity index is 566. The van der Waals surface area contributed by atoms with Crippen LogP contribution in [0.5, 0.6) is 0 Å². The van der Waals surface area contributed by atoms with Crippen molar-refractivity contribution in [3.63, 3.8) is 0 Å². The molecule has 0 saturated heterocycles. The number of anilines is 1. The highest BCUT2D eigenvalue weighted by Gasteiger charge is 2.25. The third kappa shape index (κ3) is 3.74. The van der Waals surface area contributed by atoms with Gasteiger partial charge in [0, 0.05) is 39.5 Å². The number of nitrogens with zero attached hydrogens (tertiary/aromatic N) is 1. The summed E-state index contributed by atoms with van der Waals surface area (Å²) in [7, 11) is -0.406. The molecule has 1 aliphatic heterocycles. The van der Waals surface area contributed by atoms with Gasteiger partial charge < -0.3 is 14.8 Å². The van der Waals surface area contributed by atoms with Gasteiger partial charge in [0.25, 0.3) is 0 Å². The zero-order chi connectivity index (χ0) is 15.3. The molecule has 1 N–H and O–H groups in total. The first-order valence-corrected chi connectivity index (χ1v) is 8.38. The Kier molecular flexibility index (Phi) is 5.58. The number of hydrogen-bond donors (Lipinski definition) is 1. The normalized spacial score (nSPS) is 14.2. The molecule has 0 atom stereocenters. The van der Waals surface area contributed by atoms with Gasteiger partial charge in [-0.3, -0.25) is 0 Å². The smallest absolute Gasteiger partial charge is 0.243 e. The lowest BCUT2D eigenvalue weighted by atomic mass is 10.2. The van der Waals surface area contributed by atoms with Crippen LogP contribution in [0.2, 0.25) is 0 Å². The van der Waals surface area contributed by atoms with Crippen LogP contribution >= 0.6 is 0 Å². The molecule has 2 rings (SSSR count). The Morgan fingerprint density at radius 1 is 1.19 bits per heavy atom. The molecule has 1 aromatic carbocycles. The van der Waals surface area contributed by atoms with Gasteiger partial charge in [-0.2, -0.15) is 4.31 Å². The molecule has 0 radical (unpaired) electrons. The van der Waals surface area contributed by atoms with Gasteiger partial charge in [-0.15, -0.1) is 0 Å². The van der Waals surface area contributed by atoms with Gasteiger partial charge in [-0.05, 0) is 30.2 Å². The fourth-order valence-electron chi connectivity index (χ4n) is 2.33. The molecular formula is C14H22N2O4S. The lowest BCUT2D eigenvalue weighted by Gasteiger charge is -2.22. The standard InChI is InChI=1S/C14H22N2O4S/c1-19-9-7-16(8-10-20-2)21(17,18)13-3-4-14-12(11-13)5-6-15-14/h3-4,11,15H,5-10H2,1-2H3. The number of nitrogens with one attached hydrogen (secondary N) is 1. The van der Waals surface area contributed by atoms with E-state index in [1.54, 1.807) is 26.4 Å². The van der Waals surface area contributed by atoms with Crippen molar-refractivity contribution in [2.45, 2.75) is 11.3 Å². The second kappa shape index (κ2) is 7.22. The molecule has 0 spiro atoms. The molecule has 0 bridgehead atoms. The summed E-state index contributed by atoms with van der Waals surface area (Å²) in [6, 6.07) is 5.25. The molecule has 0 aliphatic carbocycles. The Morgan fingerprint density at radius 2 is 1.86 bits per heavy atom. The van der Waals surface area contributed by atoms with E-state index in [0.29, 0.717) is 31.2 Å². The van der Waals surface area contributed by atoms with Crippen LogP contribution in [-0.4, -0.2) is 59.8 Å². The van der Waals surface area contributed by atoms with Gasteiger partial charge >= 0.3 is 0 Å². The molecule has 0 fully saturated rings. The molecule has 0 saturated carbocycles. The number of benzene rings is 1. The van der Waals surface area contributed by atoms with Crippen LogP contribution in [0.15, 0.2) is 23.1 Å². The molecule has 1 heterocycles. The Hall–Kier alpha value is -1.15. The predicted octanol–water partition coefficient (Wildman–Crippen LogP) is 0.938. The summed E-state index contributed by atoms with van der Waals surface area (Å²) in [6.07, 6.45) is 0.856. The average Bonchev–Trinajstić information content (AvgIpc) is 2.94. The summed E-state index contributed by atoms with van der Waals surface area (Å²) in [5.41, 5.74) is 2.07. The van der Waals surface area contributed by atoms with Crippen LogP contribution in [0.3, 0.4) is 0 Å². The zero-order valence-electron chi connectivity index (χ0n) is 12.5. The Morgan fingerprint density at radius 3 is 2.48 bits per heavy atom. The maximum Gasteiger partial charge on any atom is 0.243 e. The summed E-state index contributed by atoms with van der Waals surface area (Å²) >= 11 is 0. The molecule has 1 aliphatic rings. The summed E-state index contributed by atoms with van der Waals surface area (Å²) in [5.74, 6) is 0. The maximum atomic E-state index is 12.7. The SMILES string of the molecule is COCCN(CCOC)S(=O)(=O)c1ccc2c(c1)CCN2. The van der Waals surface area contributed by atoms with Crippen LogP contribution in [0.1, 0.15) is 5.56 Å². The first kappa shape index (κ1) is 16.2. The van der Waals surface area contributed by atoms with Gasteiger partial charge in [0.05, 0.1) is 18.1 Å². The third-order valence-electron chi connectivity index (χ3n) is 3.51. The van der Waals surface area contributed by atoms with E-state index in [1.807, 2.05) is 6.07 Å². The number of fused-ring (bicyclic) bond motifs is 1. The van der Waals surface area contributed by atoms with Crippen molar-refractivity contribution in [1.29, 1.82) is 0 Å². The topological polar surface area (TPSA) is 67.9 Å². The highest BCUT2D eigenvalue weighted by atomic mass is 32.2. The molecule has 0 amide bonds. The minimum absolute atomic E-state index is 0.317. The first-order chi connectivity index (χ1) is 10.1. The number of hydrogen-bond acceptors (Lipinski definition) is 5. The fourth-order valence-corrected chi connectivity index (χ4v) is 3.79. The van der Waals surface area contributed by atoms with Crippen molar-refractivity contribution in [3.8, 4) is 0 Å². The Balaban J connectivity index is 2.24. The van der Waals surface area contributed by atoms with E-state index in [2.05, 4.69) is 5.32 Å². The molecule has 1 aromatic rings. The summed E-state index contributed by atoms with van der Waals surface area (Å²) < 4.78 is 36.9. The minimum Gasteiger partial charge on any atom is -0.384 e. The molecule has 118 valence electrons. The van der Waals surface area contributed by atoms with Crippen LogP contribution < -0.4 is 5.32 Å². The highest BCUT2D eigenvalue weighted by Crippen LogP contribution is 2.26. The molecule has 0 unspecified atom stereocenters. The lowest BCUT2D eigenvalue weighted by Crippen LogP contribution is -2.36. The van der Waals surface area contributed by atoms with E-state index in [1.165, 1.54) is 4.31 Å². The van der Waals surface area contributed by atoms with Gasteiger partial charge in [-0.1, -0.05) is 0 Å². The molecule has 6 nitrogen and oxygen atoms in total. The fraction of sp³-hybridized carbons (Fsp3) is 0.571. The summed E-state index contributed by atoms with van der Waals surface area (Å²) in [5, 5.41) is 3.23. The van der Waals surface area contributed by atoms with Crippen molar-refractivity contribution in [3.05, 3.63) is 23.8 Å². The third-order valence-corrected chi connectivity index (χ3v) is 5.41. The van der Waals surface area contributed by atoms with Gasteiger partial charge in [0.15, 0.2) is 0 Å². The predicted molar refractivity (Wildman–Crippen MR) is 81.1 cm³/mol. The molecule has 0 aromatic heterocycles. The van der Waals surface area contributed by atoms with Gasteiger partial charge in [-0.25, -0.2) is 8.42 Å². The van der Waals surface area contributed by atoms with Crippen LogP contribution in [0.4, 0.5) is 5.69 Å². The van der Waals surface area contributed by atoms with Gasteiger partial charge in [0.2, 0.25) is 10.0 Å². The molecule has 21 heavy (non-hydrogen) atoms. The van der Waals surface area contributed by atoms with Crippen molar-refractivity contribution in [1.82, 2.24) is 4.31 Å². The molecular weight excluding hydrogens is 292 g/mol. The van der Waals surface area contributed by atoms with E-state index in [0.717, 1.165) is 24.2 Å². The van der Waals surface area contributed by atoms with Gasteiger partial charge in [0.1, 0.15) is 0 Å². The van der Waals surface area contributed by atoms with E-state index < -0.39 is 10.0 Å². The monoisotopic (exact) mass is 314 g/mol. The van der Waals surface area contributed by atoms with Crippen LogP contribution in [-0.2, 0) is 25.9 Å². The second-order valence-electron chi connectivity index (χ2n) is 4.89. The second-order valence-corrected chi connectivity index (χ2v) is 6.82. The zero-order valence-corrected chi connectivity index (χ0v) is 13.3. The first-order valence-electron chi connectivity index (χ1n) is 6.94. The number of ether oxygens (including phenoxy) is 2. The van der Waals surface area contributed by atoms with Crippen molar-refractivity contribution in [2.24, 2.45) is 0 Å². The average molecular weight is 314 g/mol. The van der Waals surface area contributed by atoms with Crippen molar-refractivity contribution < 1.29 is 17.9 Å². The highest BCUT2D eigenvalue weighted by molar-refractivity contribution is 7.89. The number of sulfonamides is 1. The minimum atomic E-state index is -3.52. The Labute approximate surface area is 126 Å². The van der Waals surface area contributed by atoms with E-state index in [9.17, 15) is 8.42 Å². The van der Waals surface area contributed by atoms with Crippen LogP contribution in [0.25, 0.3) is 0 Å². The van der Waals surface area contributed by atoms with E-state index in [-0.39, 0.29) is 0 Å². The largest absolute Gasteiger partial charge is 0.384 e. The summed E-state index contributed by atoms with van der Waals surface area (Å²) in [4.78, 5) is 0.331. The number of methoxy groups -OCH3 is 2. The maximum absolute atomic E-state index is 12.7. The number of rotatable bonds is 8. The quantitative estimate of drug-likeness (QED) is 0.773. The van der Waals surface area contributed by atoms with Crippen molar-refractivity contribution in [2.75, 3.05) is 52.4 Å². The summed E-state index contributed by atoms with van der Waals surface area (Å²) in [6.45, 7) is 2.20. The lowest BCUT2D eigenvalue weighted by molar-refractivity contribution is 0.150. The van der Waals surface area contributed by atoms with E-state index in [4.69, 9.17) is 9.47 Å².